The van der Waals surface area contributed by atoms with Gasteiger partial charge in [-0.15, -0.1) is 0 Å². The maximum atomic E-state index is 12.9. The third-order valence-electron chi connectivity index (χ3n) is 4.34. The first kappa shape index (κ1) is 19.5. The summed E-state index contributed by atoms with van der Waals surface area (Å²) < 4.78 is 7.63. The Kier molecular flexibility index (Phi) is 5.87. The number of amides is 1. The van der Waals surface area contributed by atoms with Crippen molar-refractivity contribution in [3.63, 3.8) is 0 Å². The quantitative estimate of drug-likeness (QED) is 0.615. The molecule has 0 saturated carbocycles. The Balaban J connectivity index is 1.74. The number of nitrogens with zero attached hydrogens (tertiary/aromatic N) is 4. The zero-order valence-corrected chi connectivity index (χ0v) is 16.8. The molecule has 2 aromatic heterocycles. The van der Waals surface area contributed by atoms with Gasteiger partial charge in [-0.1, -0.05) is 30.1 Å². The molecule has 142 valence electrons. The van der Waals surface area contributed by atoms with Crippen LogP contribution in [0.1, 0.15) is 23.7 Å². The van der Waals surface area contributed by atoms with Crippen molar-refractivity contribution in [2.75, 3.05) is 13.6 Å². The van der Waals surface area contributed by atoms with Gasteiger partial charge < -0.3 is 9.64 Å². The molecule has 1 aromatic carbocycles. The van der Waals surface area contributed by atoms with E-state index in [1.807, 2.05) is 6.92 Å². The standard InChI is InChI=1S/C19H20Cl2N4O2/c1-4-12(27-13-5-6-16(20)17(21)9-13)11-24(2)19(26)14-7-8-22-18-15(14)10-23-25(18)3/h5-10,12H,4,11H2,1-3H3. The molecule has 0 aliphatic rings. The number of carbonyl (C=O) groups is 1. The minimum absolute atomic E-state index is 0.105. The average Bonchev–Trinajstić information content (AvgIpc) is 3.04. The molecule has 0 saturated heterocycles. The largest absolute Gasteiger partial charge is 0.489 e. The number of aryl methyl sites for hydroxylation is 1. The van der Waals surface area contributed by atoms with Crippen molar-refractivity contribution >= 4 is 40.1 Å². The lowest BCUT2D eigenvalue weighted by Gasteiger charge is -2.24. The minimum Gasteiger partial charge on any atom is -0.489 e. The second kappa shape index (κ2) is 8.15. The Labute approximate surface area is 167 Å². The van der Waals surface area contributed by atoms with E-state index in [2.05, 4.69) is 10.1 Å². The summed E-state index contributed by atoms with van der Waals surface area (Å²) in [5.74, 6) is 0.516. The lowest BCUT2D eigenvalue weighted by molar-refractivity contribution is 0.0710. The van der Waals surface area contributed by atoms with Gasteiger partial charge in [0.1, 0.15) is 11.9 Å². The van der Waals surface area contributed by atoms with E-state index in [1.54, 1.807) is 60.3 Å². The number of benzene rings is 1. The normalized spacial score (nSPS) is 12.2. The maximum Gasteiger partial charge on any atom is 0.254 e. The number of aromatic nitrogens is 3. The molecule has 6 nitrogen and oxygen atoms in total. The number of halogens is 2. The molecule has 1 unspecified atom stereocenters. The monoisotopic (exact) mass is 406 g/mol. The molecule has 8 heteroatoms. The summed E-state index contributed by atoms with van der Waals surface area (Å²) in [6.45, 7) is 2.44. The van der Waals surface area contributed by atoms with E-state index in [1.165, 1.54) is 0 Å². The molecule has 0 N–H and O–H groups in total. The van der Waals surface area contributed by atoms with Gasteiger partial charge >= 0.3 is 0 Å². The predicted octanol–water partition coefficient (Wildman–Crippen LogP) is 4.20. The van der Waals surface area contributed by atoms with Crippen LogP contribution in [0.15, 0.2) is 36.7 Å². The summed E-state index contributed by atoms with van der Waals surface area (Å²) in [5, 5.41) is 5.82. The molecular formula is C19H20Cl2N4O2. The Morgan fingerprint density at radius 3 is 2.78 bits per heavy atom. The molecule has 0 aliphatic carbocycles. The predicted molar refractivity (Wildman–Crippen MR) is 107 cm³/mol. The minimum atomic E-state index is -0.178. The Morgan fingerprint density at radius 1 is 1.30 bits per heavy atom. The highest BCUT2D eigenvalue weighted by Gasteiger charge is 2.20. The van der Waals surface area contributed by atoms with Crippen molar-refractivity contribution in [2.24, 2.45) is 7.05 Å². The van der Waals surface area contributed by atoms with Crippen molar-refractivity contribution < 1.29 is 9.53 Å². The van der Waals surface area contributed by atoms with Gasteiger partial charge in [0.15, 0.2) is 5.65 Å². The highest BCUT2D eigenvalue weighted by molar-refractivity contribution is 6.42. The first-order chi connectivity index (χ1) is 12.9. The van der Waals surface area contributed by atoms with Gasteiger partial charge in [-0.2, -0.15) is 5.10 Å². The first-order valence-electron chi connectivity index (χ1n) is 8.54. The number of ether oxygens (including phenoxy) is 1. The summed E-state index contributed by atoms with van der Waals surface area (Å²) in [5.41, 5.74) is 1.24. The lowest BCUT2D eigenvalue weighted by Crippen LogP contribution is -2.36. The van der Waals surface area contributed by atoms with Gasteiger partial charge in [0.05, 0.1) is 33.7 Å². The van der Waals surface area contributed by atoms with Gasteiger partial charge in [0, 0.05) is 26.4 Å². The third kappa shape index (κ3) is 4.17. The molecule has 1 amide bonds. The van der Waals surface area contributed by atoms with Crippen molar-refractivity contribution in [3.05, 3.63) is 52.3 Å². The van der Waals surface area contributed by atoms with Crippen molar-refractivity contribution in [1.82, 2.24) is 19.7 Å². The molecule has 2 heterocycles. The summed E-state index contributed by atoms with van der Waals surface area (Å²) >= 11 is 12.0. The molecule has 3 rings (SSSR count). The number of fused-ring (bicyclic) bond motifs is 1. The SMILES string of the molecule is CCC(CN(C)C(=O)c1ccnc2c1cnn2C)Oc1ccc(Cl)c(Cl)c1. The van der Waals surface area contributed by atoms with Crippen LogP contribution in [-0.4, -0.2) is 45.3 Å². The molecule has 0 aliphatic heterocycles. The van der Waals surface area contributed by atoms with Crippen LogP contribution >= 0.6 is 23.2 Å². The zero-order valence-electron chi connectivity index (χ0n) is 15.3. The van der Waals surface area contributed by atoms with Gasteiger partial charge in [-0.25, -0.2) is 4.98 Å². The number of rotatable bonds is 6. The van der Waals surface area contributed by atoms with E-state index in [0.29, 0.717) is 33.6 Å². The average molecular weight is 407 g/mol. The summed E-state index contributed by atoms with van der Waals surface area (Å²) in [6, 6.07) is 6.84. The highest BCUT2D eigenvalue weighted by atomic mass is 35.5. The van der Waals surface area contributed by atoms with Gasteiger partial charge in [0.25, 0.3) is 5.91 Å². The van der Waals surface area contributed by atoms with Crippen LogP contribution < -0.4 is 4.74 Å². The first-order valence-corrected chi connectivity index (χ1v) is 9.30. The van der Waals surface area contributed by atoms with Crippen LogP contribution in [0, 0.1) is 0 Å². The summed E-state index contributed by atoms with van der Waals surface area (Å²) in [6.07, 6.45) is 3.83. The summed E-state index contributed by atoms with van der Waals surface area (Å²) in [7, 11) is 3.55. The molecule has 0 spiro atoms. The fourth-order valence-corrected chi connectivity index (χ4v) is 3.11. The smallest absolute Gasteiger partial charge is 0.254 e. The topological polar surface area (TPSA) is 60.2 Å². The molecule has 1 atom stereocenters. The van der Waals surface area contributed by atoms with Crippen LogP contribution in [0.2, 0.25) is 10.0 Å². The molecule has 0 fully saturated rings. The van der Waals surface area contributed by atoms with Crippen molar-refractivity contribution in [1.29, 1.82) is 0 Å². The van der Waals surface area contributed by atoms with Crippen molar-refractivity contribution in [3.8, 4) is 5.75 Å². The number of carbonyl (C=O) groups excluding carboxylic acids is 1. The van der Waals surface area contributed by atoms with Gasteiger partial charge in [-0.3, -0.25) is 9.48 Å². The van der Waals surface area contributed by atoms with Crippen LogP contribution in [0.25, 0.3) is 11.0 Å². The number of pyridine rings is 1. The fourth-order valence-electron chi connectivity index (χ4n) is 2.82. The highest BCUT2D eigenvalue weighted by Crippen LogP contribution is 2.27. The van der Waals surface area contributed by atoms with Crippen molar-refractivity contribution in [2.45, 2.75) is 19.4 Å². The second-order valence-electron chi connectivity index (χ2n) is 6.27. The molecule has 27 heavy (non-hydrogen) atoms. The Morgan fingerprint density at radius 2 is 2.07 bits per heavy atom. The molecular weight excluding hydrogens is 387 g/mol. The van der Waals surface area contributed by atoms with Gasteiger partial charge in [-0.05, 0) is 24.6 Å². The maximum absolute atomic E-state index is 12.9. The van der Waals surface area contributed by atoms with E-state index < -0.39 is 0 Å². The van der Waals surface area contributed by atoms with Crippen LogP contribution in [0.3, 0.4) is 0 Å². The Hall–Kier alpha value is -2.31. The zero-order chi connectivity index (χ0) is 19.6. The summed E-state index contributed by atoms with van der Waals surface area (Å²) in [4.78, 5) is 18.9. The molecule has 0 radical (unpaired) electrons. The Bertz CT molecular complexity index is 973. The number of hydrogen-bond donors (Lipinski definition) is 0. The lowest BCUT2D eigenvalue weighted by atomic mass is 10.1. The number of hydrogen-bond acceptors (Lipinski definition) is 4. The fraction of sp³-hybridized carbons (Fsp3) is 0.316. The van der Waals surface area contributed by atoms with E-state index in [9.17, 15) is 4.79 Å². The molecule has 0 bridgehead atoms. The van der Waals surface area contributed by atoms with E-state index in [0.717, 1.165) is 11.8 Å². The van der Waals surface area contributed by atoms with E-state index >= 15 is 0 Å². The second-order valence-corrected chi connectivity index (χ2v) is 7.09. The van der Waals surface area contributed by atoms with Gasteiger partial charge in [0.2, 0.25) is 0 Å². The van der Waals surface area contributed by atoms with E-state index in [-0.39, 0.29) is 12.0 Å². The van der Waals surface area contributed by atoms with E-state index in [4.69, 9.17) is 27.9 Å². The van der Waals surface area contributed by atoms with Crippen LogP contribution in [0.5, 0.6) is 5.75 Å². The van der Waals surface area contributed by atoms with Crippen LogP contribution in [0.4, 0.5) is 0 Å². The molecule has 3 aromatic rings. The third-order valence-corrected chi connectivity index (χ3v) is 5.08. The van der Waals surface area contributed by atoms with Crippen LogP contribution in [-0.2, 0) is 7.05 Å². The number of likely N-dealkylation sites (N-methyl/N-ethyl adjacent to an activating group) is 1.